The molecule has 0 aromatic heterocycles. The van der Waals surface area contributed by atoms with Gasteiger partial charge in [-0.25, -0.2) is 4.39 Å². The van der Waals surface area contributed by atoms with Gasteiger partial charge in [0.05, 0.1) is 11.1 Å². The van der Waals surface area contributed by atoms with Crippen LogP contribution in [0.15, 0.2) is 36.4 Å². The lowest BCUT2D eigenvalue weighted by atomic mass is 9.85. The Labute approximate surface area is 160 Å². The maximum atomic E-state index is 13.5. The molecule has 5 nitrogen and oxygen atoms in total. The first-order valence-electron chi connectivity index (χ1n) is 9.12. The van der Waals surface area contributed by atoms with Crippen molar-refractivity contribution in [3.63, 3.8) is 0 Å². The van der Waals surface area contributed by atoms with Crippen LogP contribution in [0, 0.1) is 5.82 Å². The molecule has 0 spiro atoms. The van der Waals surface area contributed by atoms with E-state index in [1.807, 2.05) is 19.1 Å². The minimum absolute atomic E-state index is 0.125. The minimum Gasteiger partial charge on any atom is -0.454 e. The Morgan fingerprint density at radius 2 is 1.57 bits per heavy atom. The number of rotatable bonds is 3. The number of halogens is 1. The molecule has 3 aromatic carbocycles. The Kier molecular flexibility index (Phi) is 3.62. The summed E-state index contributed by atoms with van der Waals surface area (Å²) in [5.41, 5.74) is 2.82. The molecule has 0 fully saturated rings. The van der Waals surface area contributed by atoms with Crippen molar-refractivity contribution in [2.45, 2.75) is 19.8 Å². The number of imide groups is 1. The van der Waals surface area contributed by atoms with Crippen LogP contribution in [0.4, 0.5) is 4.39 Å². The standard InChI is InChI=1S/C22H16FNO4/c1-2-3-13-14-8-16-17(28-10-27-16)9-15(14)18(11-4-6-12(23)7-5-11)20-19(13)21(25)24-22(20)26/h4-9H,2-3,10H2,1H3,(H,24,25,26). The molecule has 2 aliphatic heterocycles. The van der Waals surface area contributed by atoms with E-state index in [1.54, 1.807) is 12.1 Å². The summed E-state index contributed by atoms with van der Waals surface area (Å²) in [6.07, 6.45) is 1.45. The van der Waals surface area contributed by atoms with E-state index in [-0.39, 0.29) is 12.6 Å². The molecule has 0 radical (unpaired) electrons. The molecule has 2 heterocycles. The number of benzene rings is 3. The minimum atomic E-state index is -0.434. The fourth-order valence-electron chi connectivity index (χ4n) is 4.08. The lowest BCUT2D eigenvalue weighted by molar-refractivity contribution is 0.0879. The molecule has 6 heteroatoms. The van der Waals surface area contributed by atoms with Crippen molar-refractivity contribution in [2.75, 3.05) is 6.79 Å². The van der Waals surface area contributed by atoms with Gasteiger partial charge in [0.1, 0.15) is 5.82 Å². The number of carbonyl (C=O) groups is 2. The third kappa shape index (κ3) is 2.30. The molecule has 1 N–H and O–H groups in total. The van der Waals surface area contributed by atoms with Gasteiger partial charge in [0, 0.05) is 5.56 Å². The second-order valence-electron chi connectivity index (χ2n) is 6.89. The molecule has 0 bridgehead atoms. The van der Waals surface area contributed by atoms with E-state index in [0.717, 1.165) is 22.8 Å². The summed E-state index contributed by atoms with van der Waals surface area (Å²) in [5, 5.41) is 4.04. The monoisotopic (exact) mass is 377 g/mol. The van der Waals surface area contributed by atoms with E-state index in [1.165, 1.54) is 12.1 Å². The quantitative estimate of drug-likeness (QED) is 0.695. The average molecular weight is 377 g/mol. The molecule has 0 saturated carbocycles. The molecule has 140 valence electrons. The predicted octanol–water partition coefficient (Wildman–Crippen LogP) is 4.21. The summed E-state index contributed by atoms with van der Waals surface area (Å²) in [6, 6.07) is 9.62. The van der Waals surface area contributed by atoms with E-state index in [2.05, 4.69) is 5.32 Å². The first-order chi connectivity index (χ1) is 13.6. The van der Waals surface area contributed by atoms with E-state index < -0.39 is 11.8 Å². The van der Waals surface area contributed by atoms with E-state index in [0.29, 0.717) is 40.2 Å². The Bertz CT molecular complexity index is 1170. The molecule has 3 aromatic rings. The summed E-state index contributed by atoms with van der Waals surface area (Å²) in [4.78, 5) is 25.3. The van der Waals surface area contributed by atoms with E-state index in [9.17, 15) is 14.0 Å². The van der Waals surface area contributed by atoms with Gasteiger partial charge in [-0.3, -0.25) is 14.9 Å². The zero-order valence-corrected chi connectivity index (χ0v) is 15.1. The second-order valence-corrected chi connectivity index (χ2v) is 6.89. The number of amides is 2. The van der Waals surface area contributed by atoms with Crippen molar-refractivity contribution >= 4 is 22.6 Å². The van der Waals surface area contributed by atoms with Gasteiger partial charge in [-0.15, -0.1) is 0 Å². The molecule has 0 saturated heterocycles. The molecule has 0 atom stereocenters. The first-order valence-corrected chi connectivity index (χ1v) is 9.12. The molecule has 0 aliphatic carbocycles. The summed E-state index contributed by atoms with van der Waals surface area (Å²) in [5.74, 6) is -0.00402. The molecule has 5 rings (SSSR count). The Morgan fingerprint density at radius 1 is 0.929 bits per heavy atom. The van der Waals surface area contributed by atoms with Crippen molar-refractivity contribution in [2.24, 2.45) is 0 Å². The summed E-state index contributed by atoms with van der Waals surface area (Å²) in [7, 11) is 0. The molecule has 0 unspecified atom stereocenters. The number of aryl methyl sites for hydroxylation is 1. The van der Waals surface area contributed by atoms with Gasteiger partial charge in [0.15, 0.2) is 11.5 Å². The Hall–Kier alpha value is -3.41. The van der Waals surface area contributed by atoms with Crippen molar-refractivity contribution in [1.82, 2.24) is 5.32 Å². The average Bonchev–Trinajstić information content (AvgIpc) is 3.25. The molecular weight excluding hydrogens is 361 g/mol. The van der Waals surface area contributed by atoms with Crippen molar-refractivity contribution in [1.29, 1.82) is 0 Å². The third-order valence-electron chi connectivity index (χ3n) is 5.22. The predicted molar refractivity (Wildman–Crippen MR) is 101 cm³/mol. The number of ether oxygens (including phenoxy) is 2. The normalized spacial score (nSPS) is 14.5. The molecule has 2 aliphatic rings. The van der Waals surface area contributed by atoms with Gasteiger partial charge in [-0.05, 0) is 52.6 Å². The van der Waals surface area contributed by atoms with Crippen LogP contribution in [-0.2, 0) is 6.42 Å². The van der Waals surface area contributed by atoms with Crippen molar-refractivity contribution in [3.8, 4) is 22.6 Å². The van der Waals surface area contributed by atoms with E-state index in [4.69, 9.17) is 9.47 Å². The number of hydrogen-bond acceptors (Lipinski definition) is 4. The van der Waals surface area contributed by atoms with Crippen LogP contribution in [-0.4, -0.2) is 18.6 Å². The highest BCUT2D eigenvalue weighted by atomic mass is 19.1. The fourth-order valence-corrected chi connectivity index (χ4v) is 4.08. The lowest BCUT2D eigenvalue weighted by Crippen LogP contribution is -2.20. The van der Waals surface area contributed by atoms with Crippen LogP contribution >= 0.6 is 0 Å². The van der Waals surface area contributed by atoms with Crippen LogP contribution in [0.2, 0.25) is 0 Å². The Morgan fingerprint density at radius 3 is 2.25 bits per heavy atom. The number of fused-ring (bicyclic) bond motifs is 3. The van der Waals surface area contributed by atoms with Crippen LogP contribution in [0.1, 0.15) is 39.6 Å². The Balaban J connectivity index is 1.96. The van der Waals surface area contributed by atoms with Gasteiger partial charge in [0.25, 0.3) is 11.8 Å². The van der Waals surface area contributed by atoms with E-state index >= 15 is 0 Å². The van der Waals surface area contributed by atoms with Gasteiger partial charge >= 0.3 is 0 Å². The second kappa shape index (κ2) is 6.05. The SMILES string of the molecule is CCCc1c2c(c(-c3ccc(F)cc3)c3cc4c(cc13)OCO4)C(=O)NC2=O. The van der Waals surface area contributed by atoms with Gasteiger partial charge < -0.3 is 9.47 Å². The molecule has 2 amide bonds. The zero-order valence-electron chi connectivity index (χ0n) is 15.1. The van der Waals surface area contributed by atoms with Crippen LogP contribution in [0.3, 0.4) is 0 Å². The molecular formula is C22H16FNO4. The topological polar surface area (TPSA) is 64.6 Å². The maximum Gasteiger partial charge on any atom is 0.259 e. The largest absolute Gasteiger partial charge is 0.454 e. The first kappa shape index (κ1) is 16.7. The maximum absolute atomic E-state index is 13.5. The van der Waals surface area contributed by atoms with Gasteiger partial charge in [0.2, 0.25) is 6.79 Å². The number of carbonyl (C=O) groups excluding carboxylic acids is 2. The fraction of sp³-hybridized carbons (Fsp3) is 0.182. The van der Waals surface area contributed by atoms with Gasteiger partial charge in [-0.2, -0.15) is 0 Å². The van der Waals surface area contributed by atoms with Crippen molar-refractivity contribution in [3.05, 3.63) is 58.9 Å². The zero-order chi connectivity index (χ0) is 19.4. The summed E-state index contributed by atoms with van der Waals surface area (Å²) >= 11 is 0. The summed E-state index contributed by atoms with van der Waals surface area (Å²) < 4.78 is 24.6. The number of hydrogen-bond donors (Lipinski definition) is 1. The highest BCUT2D eigenvalue weighted by Crippen LogP contribution is 2.45. The van der Waals surface area contributed by atoms with Crippen LogP contribution in [0.25, 0.3) is 21.9 Å². The molecule has 28 heavy (non-hydrogen) atoms. The van der Waals surface area contributed by atoms with Gasteiger partial charge in [-0.1, -0.05) is 25.5 Å². The highest BCUT2D eigenvalue weighted by Gasteiger charge is 2.35. The highest BCUT2D eigenvalue weighted by molar-refractivity contribution is 6.28. The summed E-state index contributed by atoms with van der Waals surface area (Å²) in [6.45, 7) is 2.15. The third-order valence-corrected chi connectivity index (χ3v) is 5.22. The van der Waals surface area contributed by atoms with Crippen LogP contribution < -0.4 is 14.8 Å². The number of nitrogens with one attached hydrogen (secondary N) is 1. The van der Waals surface area contributed by atoms with Crippen LogP contribution in [0.5, 0.6) is 11.5 Å². The lowest BCUT2D eigenvalue weighted by Gasteiger charge is -2.17. The smallest absolute Gasteiger partial charge is 0.259 e. The van der Waals surface area contributed by atoms with Crippen molar-refractivity contribution < 1.29 is 23.5 Å².